The van der Waals surface area contributed by atoms with Crippen molar-refractivity contribution >= 4 is 22.9 Å². The van der Waals surface area contributed by atoms with Crippen molar-refractivity contribution in [1.82, 2.24) is 15.2 Å². The maximum atomic E-state index is 13.2. The van der Waals surface area contributed by atoms with E-state index in [1.807, 2.05) is 65.6 Å². The van der Waals surface area contributed by atoms with Crippen LogP contribution in [0.1, 0.15) is 48.5 Å². The minimum atomic E-state index is -0.00278. The number of aryl methyl sites for hydroxylation is 1. The molecule has 6 nitrogen and oxygen atoms in total. The third-order valence-electron chi connectivity index (χ3n) is 7.15. The Morgan fingerprint density at radius 3 is 2.43 bits per heavy atom. The van der Waals surface area contributed by atoms with Gasteiger partial charge in [-0.05, 0) is 74.4 Å². The van der Waals surface area contributed by atoms with Gasteiger partial charge in [0, 0.05) is 36.7 Å². The summed E-state index contributed by atoms with van der Waals surface area (Å²) in [6.45, 7) is 3.38. The van der Waals surface area contributed by atoms with E-state index in [1.54, 1.807) is 6.07 Å². The second kappa shape index (κ2) is 11.4. The molecule has 5 rings (SSSR count). The molecule has 0 radical (unpaired) electrons. The van der Waals surface area contributed by atoms with Gasteiger partial charge in [-0.25, -0.2) is 4.98 Å². The van der Waals surface area contributed by atoms with E-state index in [9.17, 15) is 9.59 Å². The molecule has 2 amide bonds. The van der Waals surface area contributed by atoms with E-state index in [-0.39, 0.29) is 17.9 Å². The van der Waals surface area contributed by atoms with Crippen LogP contribution in [0.4, 0.5) is 0 Å². The van der Waals surface area contributed by atoms with Crippen molar-refractivity contribution in [2.24, 2.45) is 5.92 Å². The Bertz CT molecular complexity index is 1340. The average molecular weight is 496 g/mol. The topological polar surface area (TPSA) is 75.4 Å². The van der Waals surface area contributed by atoms with E-state index < -0.39 is 0 Å². The number of benzene rings is 3. The van der Waals surface area contributed by atoms with Crippen LogP contribution in [0.2, 0.25) is 0 Å². The van der Waals surface area contributed by atoms with Gasteiger partial charge in [-0.15, -0.1) is 0 Å². The standard InChI is InChI=1S/C31H33N3O3/c1-22(12-13-23-8-4-2-5-9-23)32-29(35)20-24-16-18-34(19-17-24)31(36)26-14-15-27-28(21-26)37-30(33-27)25-10-6-3-7-11-25/h2-11,14-15,21-22,24H,12-13,16-20H2,1H3,(H,32,35)/t22-/m0/s1. The molecular weight excluding hydrogens is 462 g/mol. The van der Waals surface area contributed by atoms with E-state index in [2.05, 4.69) is 29.4 Å². The average Bonchev–Trinajstić information content (AvgIpc) is 3.37. The summed E-state index contributed by atoms with van der Waals surface area (Å²) in [6, 6.07) is 25.7. The summed E-state index contributed by atoms with van der Waals surface area (Å²) in [5.74, 6) is 0.955. The number of nitrogens with one attached hydrogen (secondary N) is 1. The number of nitrogens with zero attached hydrogens (tertiary/aromatic N) is 2. The Labute approximate surface area is 217 Å². The summed E-state index contributed by atoms with van der Waals surface area (Å²) in [4.78, 5) is 32.2. The van der Waals surface area contributed by atoms with Gasteiger partial charge in [0.2, 0.25) is 11.8 Å². The monoisotopic (exact) mass is 495 g/mol. The van der Waals surface area contributed by atoms with Crippen molar-refractivity contribution < 1.29 is 14.0 Å². The van der Waals surface area contributed by atoms with Crippen molar-refractivity contribution in [1.29, 1.82) is 0 Å². The number of hydrogen-bond acceptors (Lipinski definition) is 4. The summed E-state index contributed by atoms with van der Waals surface area (Å²) >= 11 is 0. The zero-order valence-corrected chi connectivity index (χ0v) is 21.2. The minimum absolute atomic E-state index is 0.00278. The summed E-state index contributed by atoms with van der Waals surface area (Å²) in [5, 5.41) is 3.15. The number of carbonyl (C=O) groups excluding carboxylic acids is 2. The molecule has 1 aliphatic rings. The van der Waals surface area contributed by atoms with Crippen LogP contribution < -0.4 is 5.32 Å². The number of carbonyl (C=O) groups is 2. The van der Waals surface area contributed by atoms with E-state index in [0.29, 0.717) is 42.5 Å². The molecule has 0 bridgehead atoms. The number of hydrogen-bond donors (Lipinski definition) is 1. The highest BCUT2D eigenvalue weighted by Crippen LogP contribution is 2.26. The van der Waals surface area contributed by atoms with Crippen LogP contribution in [-0.4, -0.2) is 40.8 Å². The van der Waals surface area contributed by atoms with Crippen LogP contribution in [0.15, 0.2) is 83.3 Å². The molecule has 1 fully saturated rings. The highest BCUT2D eigenvalue weighted by atomic mass is 16.3. The molecule has 1 N–H and O–H groups in total. The first-order valence-corrected chi connectivity index (χ1v) is 13.1. The van der Waals surface area contributed by atoms with Gasteiger partial charge in [0.25, 0.3) is 5.91 Å². The smallest absolute Gasteiger partial charge is 0.253 e. The number of likely N-dealkylation sites (tertiary alicyclic amines) is 1. The van der Waals surface area contributed by atoms with Gasteiger partial charge in [-0.1, -0.05) is 48.5 Å². The lowest BCUT2D eigenvalue weighted by Crippen LogP contribution is -2.40. The molecular formula is C31H33N3O3. The predicted molar refractivity (Wildman–Crippen MR) is 145 cm³/mol. The summed E-state index contributed by atoms with van der Waals surface area (Å²) in [5.41, 5.74) is 4.14. The maximum Gasteiger partial charge on any atom is 0.253 e. The van der Waals surface area contributed by atoms with Crippen LogP contribution in [0.3, 0.4) is 0 Å². The Hall–Kier alpha value is -3.93. The number of oxazole rings is 1. The van der Waals surface area contributed by atoms with Crippen LogP contribution in [0.25, 0.3) is 22.6 Å². The third kappa shape index (κ3) is 6.26. The summed E-state index contributed by atoms with van der Waals surface area (Å²) in [7, 11) is 0. The lowest BCUT2D eigenvalue weighted by Gasteiger charge is -2.32. The second-order valence-corrected chi connectivity index (χ2v) is 10.0. The fourth-order valence-electron chi connectivity index (χ4n) is 4.98. The van der Waals surface area contributed by atoms with Gasteiger partial charge in [0.15, 0.2) is 5.58 Å². The number of fused-ring (bicyclic) bond motifs is 1. The summed E-state index contributed by atoms with van der Waals surface area (Å²) in [6.07, 6.45) is 4.06. The highest BCUT2D eigenvalue weighted by Gasteiger charge is 2.26. The molecule has 1 aromatic heterocycles. The first-order chi connectivity index (χ1) is 18.0. The Morgan fingerprint density at radius 2 is 1.70 bits per heavy atom. The van der Waals surface area contributed by atoms with Crippen molar-refractivity contribution in [2.75, 3.05) is 13.1 Å². The van der Waals surface area contributed by atoms with Gasteiger partial charge < -0.3 is 14.6 Å². The molecule has 2 heterocycles. The lowest BCUT2D eigenvalue weighted by atomic mass is 9.92. The lowest BCUT2D eigenvalue weighted by molar-refractivity contribution is -0.122. The number of amides is 2. The number of rotatable bonds is 8. The largest absolute Gasteiger partial charge is 0.436 e. The van der Waals surface area contributed by atoms with Crippen LogP contribution in [0, 0.1) is 5.92 Å². The van der Waals surface area contributed by atoms with Crippen molar-refractivity contribution in [2.45, 2.75) is 45.1 Å². The fraction of sp³-hybridized carbons (Fsp3) is 0.323. The predicted octanol–water partition coefficient (Wildman–Crippen LogP) is 5.87. The van der Waals surface area contributed by atoms with Gasteiger partial charge in [0.05, 0.1) is 0 Å². The van der Waals surface area contributed by atoms with Crippen LogP contribution in [-0.2, 0) is 11.2 Å². The molecule has 4 aromatic rings. The van der Waals surface area contributed by atoms with E-state index >= 15 is 0 Å². The molecule has 0 spiro atoms. The molecule has 6 heteroatoms. The molecule has 0 unspecified atom stereocenters. The third-order valence-corrected chi connectivity index (χ3v) is 7.15. The first-order valence-electron chi connectivity index (χ1n) is 13.1. The van der Waals surface area contributed by atoms with Gasteiger partial charge in [0.1, 0.15) is 5.52 Å². The second-order valence-electron chi connectivity index (χ2n) is 10.0. The normalized spacial score (nSPS) is 15.0. The van der Waals surface area contributed by atoms with Crippen LogP contribution >= 0.6 is 0 Å². The van der Waals surface area contributed by atoms with E-state index in [1.165, 1.54) is 5.56 Å². The van der Waals surface area contributed by atoms with Crippen molar-refractivity contribution in [3.63, 3.8) is 0 Å². The Kier molecular flexibility index (Phi) is 7.64. The Morgan fingerprint density at radius 1 is 1.00 bits per heavy atom. The molecule has 0 saturated carbocycles. The van der Waals surface area contributed by atoms with Crippen molar-refractivity contribution in [3.8, 4) is 11.5 Å². The van der Waals surface area contributed by atoms with E-state index in [4.69, 9.17) is 4.42 Å². The van der Waals surface area contributed by atoms with Gasteiger partial charge in [-0.2, -0.15) is 0 Å². The quantitative estimate of drug-likeness (QED) is 0.331. The number of aromatic nitrogens is 1. The Balaban J connectivity index is 1.10. The first kappa shape index (κ1) is 24.8. The zero-order valence-electron chi connectivity index (χ0n) is 21.2. The SMILES string of the molecule is C[C@@H](CCc1ccccc1)NC(=O)CC1CCN(C(=O)c2ccc3nc(-c4ccccc4)oc3c2)CC1. The highest BCUT2D eigenvalue weighted by molar-refractivity contribution is 5.97. The van der Waals surface area contributed by atoms with Gasteiger partial charge >= 0.3 is 0 Å². The molecule has 1 aliphatic heterocycles. The fourth-order valence-corrected chi connectivity index (χ4v) is 4.98. The van der Waals surface area contributed by atoms with Crippen molar-refractivity contribution in [3.05, 3.63) is 90.0 Å². The van der Waals surface area contributed by atoms with Gasteiger partial charge in [-0.3, -0.25) is 9.59 Å². The number of piperidine rings is 1. The maximum absolute atomic E-state index is 13.2. The summed E-state index contributed by atoms with van der Waals surface area (Å²) < 4.78 is 5.94. The molecule has 0 aliphatic carbocycles. The molecule has 3 aromatic carbocycles. The van der Waals surface area contributed by atoms with Crippen LogP contribution in [0.5, 0.6) is 0 Å². The molecule has 37 heavy (non-hydrogen) atoms. The minimum Gasteiger partial charge on any atom is -0.436 e. The molecule has 1 atom stereocenters. The molecule has 1 saturated heterocycles. The zero-order chi connectivity index (χ0) is 25.6. The molecule has 190 valence electrons. The van der Waals surface area contributed by atoms with E-state index in [0.717, 1.165) is 36.8 Å².